The fraction of sp³-hybridized carbons (Fsp3) is 0.318. The summed E-state index contributed by atoms with van der Waals surface area (Å²) < 4.78 is 18.7. The third-order valence-electron chi connectivity index (χ3n) is 4.78. The van der Waals surface area contributed by atoms with Gasteiger partial charge in [0.1, 0.15) is 17.6 Å². The van der Waals surface area contributed by atoms with Crippen LogP contribution in [0.1, 0.15) is 25.3 Å². The van der Waals surface area contributed by atoms with Gasteiger partial charge < -0.3 is 15.0 Å². The highest BCUT2D eigenvalue weighted by atomic mass is 32.1. The van der Waals surface area contributed by atoms with Crippen molar-refractivity contribution in [2.75, 3.05) is 19.0 Å². The van der Waals surface area contributed by atoms with E-state index in [1.54, 1.807) is 48.3 Å². The Labute approximate surface area is 180 Å². The minimum atomic E-state index is -0.709. The summed E-state index contributed by atoms with van der Waals surface area (Å²) in [5.41, 5.74) is 1.42. The molecule has 2 aromatic rings. The molecule has 0 aromatic heterocycles. The highest BCUT2D eigenvalue weighted by molar-refractivity contribution is 7.80. The molecule has 0 radical (unpaired) electrons. The fourth-order valence-corrected chi connectivity index (χ4v) is 3.46. The molecule has 1 N–H and O–H groups in total. The second-order valence-corrected chi connectivity index (χ2v) is 7.44. The molecule has 2 amide bonds. The zero-order valence-electron chi connectivity index (χ0n) is 16.9. The Kier molecular flexibility index (Phi) is 6.99. The summed E-state index contributed by atoms with van der Waals surface area (Å²) in [5.74, 6) is -0.130. The van der Waals surface area contributed by atoms with Gasteiger partial charge in [0.05, 0.1) is 13.0 Å². The number of carbonyl (C=O) groups is 2. The number of carbonyl (C=O) groups excluding carboxylic acids is 2. The van der Waals surface area contributed by atoms with Gasteiger partial charge in [0.25, 0.3) is 5.91 Å². The van der Waals surface area contributed by atoms with E-state index in [-0.39, 0.29) is 24.1 Å². The van der Waals surface area contributed by atoms with Crippen molar-refractivity contribution in [3.63, 3.8) is 0 Å². The summed E-state index contributed by atoms with van der Waals surface area (Å²) in [7, 11) is 1.59. The Bertz CT molecular complexity index is 918. The van der Waals surface area contributed by atoms with Crippen LogP contribution in [0.5, 0.6) is 5.75 Å². The van der Waals surface area contributed by atoms with Crippen molar-refractivity contribution in [1.82, 2.24) is 9.80 Å². The lowest BCUT2D eigenvalue weighted by molar-refractivity contribution is -0.130. The smallest absolute Gasteiger partial charge is 0.251 e. The van der Waals surface area contributed by atoms with E-state index in [2.05, 4.69) is 5.32 Å². The molecule has 30 heavy (non-hydrogen) atoms. The predicted molar refractivity (Wildman–Crippen MR) is 117 cm³/mol. The molecule has 2 aromatic carbocycles. The number of ether oxygens (including phenoxy) is 1. The van der Waals surface area contributed by atoms with Gasteiger partial charge in [-0.05, 0) is 60.6 Å². The molecule has 1 aliphatic heterocycles. The van der Waals surface area contributed by atoms with Gasteiger partial charge in [-0.1, -0.05) is 19.1 Å². The summed E-state index contributed by atoms with van der Waals surface area (Å²) in [4.78, 5) is 28.3. The van der Waals surface area contributed by atoms with Crippen molar-refractivity contribution in [3.05, 3.63) is 59.9 Å². The Morgan fingerprint density at radius 1 is 1.17 bits per heavy atom. The molecule has 1 saturated heterocycles. The lowest BCUT2D eigenvalue weighted by Gasteiger charge is -2.23. The van der Waals surface area contributed by atoms with Crippen molar-refractivity contribution < 1.29 is 18.7 Å². The molecule has 6 nitrogen and oxygen atoms in total. The number of amides is 2. The van der Waals surface area contributed by atoms with Crippen LogP contribution in [0.15, 0.2) is 48.5 Å². The highest BCUT2D eigenvalue weighted by Crippen LogP contribution is 2.23. The van der Waals surface area contributed by atoms with Gasteiger partial charge in [-0.15, -0.1) is 0 Å². The van der Waals surface area contributed by atoms with Crippen molar-refractivity contribution >= 4 is 34.8 Å². The molecule has 3 rings (SSSR count). The van der Waals surface area contributed by atoms with Gasteiger partial charge in [-0.3, -0.25) is 14.5 Å². The number of benzene rings is 2. The van der Waals surface area contributed by atoms with E-state index in [0.717, 1.165) is 17.7 Å². The van der Waals surface area contributed by atoms with Crippen molar-refractivity contribution in [3.8, 4) is 5.75 Å². The van der Waals surface area contributed by atoms with E-state index in [1.165, 1.54) is 17.0 Å². The van der Waals surface area contributed by atoms with Gasteiger partial charge in [-0.25, -0.2) is 4.39 Å². The number of nitrogens with zero attached hydrogens (tertiary/aromatic N) is 2. The number of anilines is 1. The summed E-state index contributed by atoms with van der Waals surface area (Å²) in [6, 6.07) is 12.4. The van der Waals surface area contributed by atoms with Gasteiger partial charge in [0, 0.05) is 19.3 Å². The molecule has 1 fully saturated rings. The Hall–Kier alpha value is -3.00. The van der Waals surface area contributed by atoms with E-state index >= 15 is 0 Å². The zero-order chi connectivity index (χ0) is 21.7. The molecule has 0 aliphatic carbocycles. The van der Waals surface area contributed by atoms with Crippen LogP contribution in [0.3, 0.4) is 0 Å². The highest BCUT2D eigenvalue weighted by Gasteiger charge is 2.41. The van der Waals surface area contributed by atoms with Crippen LogP contribution in [0.4, 0.5) is 10.1 Å². The van der Waals surface area contributed by atoms with Gasteiger partial charge >= 0.3 is 0 Å². The summed E-state index contributed by atoms with van der Waals surface area (Å²) in [5, 5.41) is 3.16. The number of hydrogen-bond acceptors (Lipinski definition) is 4. The van der Waals surface area contributed by atoms with Crippen molar-refractivity contribution in [2.24, 2.45) is 0 Å². The normalized spacial score (nSPS) is 16.2. The number of halogens is 1. The lowest BCUT2D eigenvalue weighted by atomic mass is 10.1. The number of rotatable bonds is 8. The second-order valence-electron chi connectivity index (χ2n) is 7.08. The minimum Gasteiger partial charge on any atom is -0.494 e. The maximum Gasteiger partial charge on any atom is 0.251 e. The largest absolute Gasteiger partial charge is 0.494 e. The fourth-order valence-electron chi connectivity index (χ4n) is 3.18. The van der Waals surface area contributed by atoms with Crippen LogP contribution >= 0.6 is 12.2 Å². The maximum absolute atomic E-state index is 13.2. The van der Waals surface area contributed by atoms with E-state index in [4.69, 9.17) is 17.0 Å². The van der Waals surface area contributed by atoms with Crippen LogP contribution in [0, 0.1) is 5.82 Å². The molecule has 8 heteroatoms. The Morgan fingerprint density at radius 3 is 2.47 bits per heavy atom. The number of hydrogen-bond donors (Lipinski definition) is 1. The first-order valence-corrected chi connectivity index (χ1v) is 10.1. The Morgan fingerprint density at radius 2 is 1.83 bits per heavy atom. The average Bonchev–Trinajstić information content (AvgIpc) is 2.93. The summed E-state index contributed by atoms with van der Waals surface area (Å²) in [6.07, 6.45) is 0.872. The number of thiocarbonyl (C=S) groups is 1. The molecule has 0 saturated carbocycles. The maximum atomic E-state index is 13.2. The monoisotopic (exact) mass is 429 g/mol. The van der Waals surface area contributed by atoms with E-state index in [0.29, 0.717) is 24.0 Å². The molecule has 0 spiro atoms. The third kappa shape index (κ3) is 5.13. The molecular weight excluding hydrogens is 405 g/mol. The van der Waals surface area contributed by atoms with E-state index in [9.17, 15) is 14.0 Å². The summed E-state index contributed by atoms with van der Waals surface area (Å²) >= 11 is 5.39. The Balaban J connectivity index is 1.66. The summed E-state index contributed by atoms with van der Waals surface area (Å²) in [6.45, 7) is 2.98. The number of likely N-dealkylation sites (N-methyl/N-ethyl adjacent to an activating group) is 1. The van der Waals surface area contributed by atoms with Crippen LogP contribution in [0.2, 0.25) is 0 Å². The van der Waals surface area contributed by atoms with Gasteiger partial charge in [0.15, 0.2) is 5.11 Å². The third-order valence-corrected chi connectivity index (χ3v) is 5.29. The van der Waals surface area contributed by atoms with Crippen LogP contribution in [0.25, 0.3) is 0 Å². The molecular formula is C22H24FN3O3S. The average molecular weight is 430 g/mol. The molecule has 1 heterocycles. The van der Waals surface area contributed by atoms with Crippen molar-refractivity contribution in [2.45, 2.75) is 32.4 Å². The van der Waals surface area contributed by atoms with Gasteiger partial charge in [0.2, 0.25) is 5.91 Å². The first-order chi connectivity index (χ1) is 14.4. The zero-order valence-corrected chi connectivity index (χ0v) is 17.7. The first-order valence-electron chi connectivity index (χ1n) is 9.74. The standard InChI is InChI=1S/C22H24FN3O3S/c1-3-12-29-18-10-8-17(9-11-18)24-20(27)13-19-21(28)25(2)22(30)26(19)14-15-4-6-16(23)7-5-15/h4-11,19H,3,12-14H2,1-2H3,(H,24,27). The van der Waals surface area contributed by atoms with Gasteiger partial charge in [-0.2, -0.15) is 0 Å². The predicted octanol–water partition coefficient (Wildman–Crippen LogP) is 3.57. The quantitative estimate of drug-likeness (QED) is 0.650. The van der Waals surface area contributed by atoms with E-state index < -0.39 is 6.04 Å². The SMILES string of the molecule is CCCOc1ccc(NC(=O)CC2C(=O)N(C)C(=S)N2Cc2ccc(F)cc2)cc1. The van der Waals surface area contributed by atoms with E-state index in [1.807, 2.05) is 6.92 Å². The second kappa shape index (κ2) is 9.67. The van der Waals surface area contributed by atoms with Crippen molar-refractivity contribution in [1.29, 1.82) is 0 Å². The molecule has 0 bridgehead atoms. The molecule has 1 atom stereocenters. The lowest BCUT2D eigenvalue weighted by Crippen LogP contribution is -2.37. The van der Waals surface area contributed by atoms with Crippen LogP contribution in [-0.2, 0) is 16.1 Å². The topological polar surface area (TPSA) is 61.9 Å². The minimum absolute atomic E-state index is 0.0431. The molecule has 1 unspecified atom stereocenters. The van der Waals surface area contributed by atoms with Crippen LogP contribution < -0.4 is 10.1 Å². The number of nitrogens with one attached hydrogen (secondary N) is 1. The van der Waals surface area contributed by atoms with Crippen LogP contribution in [-0.4, -0.2) is 46.4 Å². The molecule has 1 aliphatic rings. The molecule has 158 valence electrons. The first kappa shape index (κ1) is 21.7.